The second-order valence-electron chi connectivity index (χ2n) is 2.17. The van der Waals surface area contributed by atoms with Crippen LogP contribution in [0.2, 0.25) is 0 Å². The molecule has 0 spiro atoms. The molecule has 12 heavy (non-hydrogen) atoms. The van der Waals surface area contributed by atoms with Crippen molar-refractivity contribution >= 4 is 5.91 Å². The minimum absolute atomic E-state index is 0.324. The van der Waals surface area contributed by atoms with E-state index in [1.54, 1.807) is 0 Å². The van der Waals surface area contributed by atoms with Crippen LogP contribution in [0.15, 0.2) is 24.3 Å². The van der Waals surface area contributed by atoms with Gasteiger partial charge in [0.2, 0.25) is 0 Å². The first-order chi connectivity index (χ1) is 5.74. The fourth-order valence-electron chi connectivity index (χ4n) is 0.775. The van der Waals surface area contributed by atoms with Crippen LogP contribution in [-0.2, 0) is 0 Å². The highest BCUT2D eigenvalue weighted by Crippen LogP contribution is 2.01. The fourth-order valence-corrected chi connectivity index (χ4v) is 0.775. The maximum absolute atomic E-state index is 12.4. The highest BCUT2D eigenvalue weighted by molar-refractivity contribution is 5.93. The average molecular weight is 169 g/mol. The molecule has 0 heterocycles. The molecule has 2 N–H and O–H groups in total. The Balaban J connectivity index is 2.75. The lowest BCUT2D eigenvalue weighted by Crippen LogP contribution is -2.23. The number of carbonyl (C=O) groups excluding carboxylic acids is 1. The molecule has 0 aliphatic carbocycles. The molecule has 0 aromatic heterocycles. The number of nitrogens with one attached hydrogen (secondary N) is 1. The fraction of sp³-hybridized carbons (Fsp3) is 0.125. The van der Waals surface area contributed by atoms with Crippen molar-refractivity contribution in [2.24, 2.45) is 0 Å². The summed E-state index contributed by atoms with van der Waals surface area (Å²) in [5.41, 5.74) is 0.324. The molecule has 0 unspecified atom stereocenters. The van der Waals surface area contributed by atoms with Crippen molar-refractivity contribution in [2.45, 2.75) is 0 Å². The summed E-state index contributed by atoms with van der Waals surface area (Å²) in [6.07, 6.45) is 0. The monoisotopic (exact) mass is 169 g/mol. The van der Waals surface area contributed by atoms with Gasteiger partial charge in [-0.15, -0.1) is 0 Å². The van der Waals surface area contributed by atoms with Crippen molar-refractivity contribution in [3.8, 4) is 0 Å². The number of benzene rings is 1. The van der Waals surface area contributed by atoms with E-state index in [0.29, 0.717) is 5.56 Å². The Kier molecular flexibility index (Phi) is 2.76. The molecule has 0 saturated carbocycles. The van der Waals surface area contributed by atoms with Gasteiger partial charge in [-0.3, -0.25) is 4.79 Å². The molecule has 0 aliphatic rings. The molecule has 1 aromatic carbocycles. The molecular formula is C8H8FNO2. The van der Waals surface area contributed by atoms with E-state index < -0.39 is 18.5 Å². The van der Waals surface area contributed by atoms with E-state index in [-0.39, 0.29) is 0 Å². The molecule has 4 heteroatoms. The minimum atomic E-state index is -0.420. The smallest absolute Gasteiger partial charge is 0.253 e. The number of aliphatic hydroxyl groups is 1. The van der Waals surface area contributed by atoms with E-state index in [2.05, 4.69) is 5.32 Å². The molecule has 3 nitrogen and oxygen atoms in total. The second kappa shape index (κ2) is 3.82. The largest absolute Gasteiger partial charge is 0.376 e. The predicted octanol–water partition coefficient (Wildman–Crippen LogP) is 0.505. The summed E-state index contributed by atoms with van der Waals surface area (Å²) in [6, 6.07) is 5.07. The van der Waals surface area contributed by atoms with E-state index in [1.165, 1.54) is 24.3 Å². The average Bonchev–Trinajstić information content (AvgIpc) is 2.06. The van der Waals surface area contributed by atoms with Crippen LogP contribution in [-0.4, -0.2) is 17.7 Å². The lowest BCUT2D eigenvalue weighted by Gasteiger charge is -1.99. The first-order valence-electron chi connectivity index (χ1n) is 3.38. The molecule has 64 valence electrons. The zero-order valence-corrected chi connectivity index (χ0v) is 6.25. The highest BCUT2D eigenvalue weighted by atomic mass is 19.1. The van der Waals surface area contributed by atoms with Crippen LogP contribution in [0.25, 0.3) is 0 Å². The topological polar surface area (TPSA) is 49.3 Å². The quantitative estimate of drug-likeness (QED) is 0.633. The van der Waals surface area contributed by atoms with Crippen molar-refractivity contribution < 1.29 is 14.3 Å². The van der Waals surface area contributed by atoms with Gasteiger partial charge >= 0.3 is 0 Å². The molecule has 1 rings (SSSR count). The van der Waals surface area contributed by atoms with Gasteiger partial charge in [0, 0.05) is 5.56 Å². The molecule has 1 aromatic rings. The first kappa shape index (κ1) is 8.67. The molecular weight excluding hydrogens is 161 g/mol. The van der Waals surface area contributed by atoms with E-state index >= 15 is 0 Å². The third-order valence-corrected chi connectivity index (χ3v) is 1.35. The van der Waals surface area contributed by atoms with Crippen molar-refractivity contribution in [3.63, 3.8) is 0 Å². The van der Waals surface area contributed by atoms with E-state index in [9.17, 15) is 9.18 Å². The maximum atomic E-state index is 12.4. The molecule has 0 aliphatic heterocycles. The van der Waals surface area contributed by atoms with Crippen LogP contribution in [0.3, 0.4) is 0 Å². The number of hydrogen-bond donors (Lipinski definition) is 2. The van der Waals surface area contributed by atoms with Gasteiger partial charge in [-0.2, -0.15) is 0 Å². The standard InChI is InChI=1S/C8H8FNO2/c9-7-3-1-6(2-4-7)8(12)10-5-11/h1-4,11H,5H2,(H,10,12). The molecule has 0 fully saturated rings. The Morgan fingerprint density at radius 2 is 2.00 bits per heavy atom. The molecule has 0 saturated heterocycles. The third-order valence-electron chi connectivity index (χ3n) is 1.35. The van der Waals surface area contributed by atoms with E-state index in [4.69, 9.17) is 5.11 Å². The van der Waals surface area contributed by atoms with Crippen LogP contribution in [0.4, 0.5) is 4.39 Å². The maximum Gasteiger partial charge on any atom is 0.253 e. The van der Waals surface area contributed by atoms with Crippen LogP contribution in [0.5, 0.6) is 0 Å². The number of rotatable bonds is 2. The van der Waals surface area contributed by atoms with E-state index in [1.807, 2.05) is 0 Å². The molecule has 0 bridgehead atoms. The van der Waals surface area contributed by atoms with Gasteiger partial charge in [0.1, 0.15) is 12.5 Å². The van der Waals surface area contributed by atoms with Crippen molar-refractivity contribution in [1.82, 2.24) is 5.32 Å². The number of amides is 1. The van der Waals surface area contributed by atoms with Gasteiger partial charge in [0.05, 0.1) is 0 Å². The van der Waals surface area contributed by atoms with Crippen molar-refractivity contribution in [3.05, 3.63) is 35.6 Å². The number of hydrogen-bond acceptors (Lipinski definition) is 2. The lowest BCUT2D eigenvalue weighted by atomic mass is 10.2. The number of carbonyl (C=O) groups is 1. The summed E-state index contributed by atoms with van der Waals surface area (Å²) in [5.74, 6) is -0.812. The lowest BCUT2D eigenvalue weighted by molar-refractivity contribution is 0.0910. The van der Waals surface area contributed by atoms with Gasteiger partial charge in [0.25, 0.3) is 5.91 Å². The Morgan fingerprint density at radius 3 is 2.50 bits per heavy atom. The van der Waals surface area contributed by atoms with Crippen LogP contribution < -0.4 is 5.32 Å². The highest BCUT2D eigenvalue weighted by Gasteiger charge is 2.02. The van der Waals surface area contributed by atoms with Gasteiger partial charge < -0.3 is 10.4 Å². The Hall–Kier alpha value is -1.42. The van der Waals surface area contributed by atoms with Crippen molar-refractivity contribution in [2.75, 3.05) is 6.73 Å². The molecule has 0 atom stereocenters. The number of halogens is 1. The molecule has 1 amide bonds. The van der Waals surface area contributed by atoms with Crippen molar-refractivity contribution in [1.29, 1.82) is 0 Å². The van der Waals surface area contributed by atoms with Gasteiger partial charge in [-0.25, -0.2) is 4.39 Å². The summed E-state index contributed by atoms with van der Waals surface area (Å²) in [4.78, 5) is 11.0. The molecule has 0 radical (unpaired) electrons. The zero-order chi connectivity index (χ0) is 8.97. The summed E-state index contributed by atoms with van der Waals surface area (Å²) in [5, 5.41) is 10.5. The second-order valence-corrected chi connectivity index (χ2v) is 2.17. The normalized spacial score (nSPS) is 9.50. The van der Waals surface area contributed by atoms with Gasteiger partial charge in [0.15, 0.2) is 0 Å². The Labute approximate surface area is 68.8 Å². The van der Waals surface area contributed by atoms with Crippen LogP contribution >= 0.6 is 0 Å². The van der Waals surface area contributed by atoms with Gasteiger partial charge in [-0.05, 0) is 24.3 Å². The number of aliphatic hydroxyl groups excluding tert-OH is 1. The Bertz CT molecular complexity index is 271. The summed E-state index contributed by atoms with van der Waals surface area (Å²) < 4.78 is 12.4. The van der Waals surface area contributed by atoms with Gasteiger partial charge in [-0.1, -0.05) is 0 Å². The minimum Gasteiger partial charge on any atom is -0.376 e. The van der Waals surface area contributed by atoms with Crippen LogP contribution in [0, 0.1) is 5.82 Å². The third kappa shape index (κ3) is 2.03. The summed E-state index contributed by atoms with van der Waals surface area (Å²) in [6.45, 7) is -0.420. The predicted molar refractivity (Wildman–Crippen MR) is 41.0 cm³/mol. The SMILES string of the molecule is O=C(NCO)c1ccc(F)cc1. The van der Waals surface area contributed by atoms with Crippen LogP contribution in [0.1, 0.15) is 10.4 Å². The summed E-state index contributed by atoms with van der Waals surface area (Å²) in [7, 11) is 0. The Morgan fingerprint density at radius 1 is 1.42 bits per heavy atom. The van der Waals surface area contributed by atoms with E-state index in [0.717, 1.165) is 0 Å². The first-order valence-corrected chi connectivity index (χ1v) is 3.38. The zero-order valence-electron chi connectivity index (χ0n) is 6.25. The summed E-state index contributed by atoms with van der Waals surface area (Å²) >= 11 is 0.